The number of nitrogens with one attached hydrogen (secondary N) is 1. The van der Waals surface area contributed by atoms with Crippen LogP contribution in [0.15, 0.2) is 29.6 Å². The highest BCUT2D eigenvalue weighted by Crippen LogP contribution is 2.25. The molecule has 0 saturated heterocycles. The lowest BCUT2D eigenvalue weighted by Crippen LogP contribution is -2.12. The molecule has 5 heteroatoms. The molecule has 0 spiro atoms. The Morgan fingerprint density at radius 2 is 2.21 bits per heavy atom. The van der Waals surface area contributed by atoms with Gasteiger partial charge in [-0.25, -0.2) is 0 Å². The van der Waals surface area contributed by atoms with Crippen molar-refractivity contribution in [2.75, 3.05) is 18.2 Å². The Labute approximate surface area is 116 Å². The molecule has 0 bridgehead atoms. The Kier molecular flexibility index (Phi) is 4.06. The van der Waals surface area contributed by atoms with Crippen LogP contribution >= 0.6 is 11.3 Å². The molecule has 100 valence electrons. The molecule has 0 atom stereocenters. The first-order valence-electron chi connectivity index (χ1n) is 5.97. The minimum Gasteiger partial charge on any atom is -0.495 e. The number of carbonyl (C=O) groups is 1. The molecule has 0 aliphatic heterocycles. The van der Waals surface area contributed by atoms with Crippen LogP contribution in [0.4, 0.5) is 11.4 Å². The zero-order chi connectivity index (χ0) is 13.8. The second-order valence-electron chi connectivity index (χ2n) is 4.04. The second-order valence-corrected chi connectivity index (χ2v) is 4.96. The number of nitrogen functional groups attached to an aromatic ring is 1. The predicted octanol–water partition coefficient (Wildman–Crippen LogP) is 3.15. The zero-order valence-electron chi connectivity index (χ0n) is 10.9. The average Bonchev–Trinajstić information content (AvgIpc) is 2.87. The van der Waals surface area contributed by atoms with Crippen LogP contribution in [0.1, 0.15) is 22.2 Å². The normalized spacial score (nSPS) is 10.2. The van der Waals surface area contributed by atoms with Gasteiger partial charge in [0.25, 0.3) is 5.91 Å². The van der Waals surface area contributed by atoms with Gasteiger partial charge in [0.1, 0.15) is 5.75 Å². The maximum atomic E-state index is 12.1. The van der Waals surface area contributed by atoms with Crippen LogP contribution in [0, 0.1) is 0 Å². The van der Waals surface area contributed by atoms with E-state index in [1.807, 2.05) is 18.4 Å². The first-order chi connectivity index (χ1) is 9.15. The standard InChI is InChI=1S/C14H16N2O2S/c1-3-9-6-7-19-13(9)14(17)16-10-4-5-12(18-2)11(15)8-10/h4-8H,3,15H2,1-2H3,(H,16,17). The lowest BCUT2D eigenvalue weighted by molar-refractivity contribution is 0.103. The van der Waals surface area contributed by atoms with Crippen molar-refractivity contribution in [1.82, 2.24) is 0 Å². The van der Waals surface area contributed by atoms with Gasteiger partial charge in [-0.1, -0.05) is 6.92 Å². The number of thiophene rings is 1. The molecular weight excluding hydrogens is 260 g/mol. The van der Waals surface area contributed by atoms with Crippen LogP contribution in [0.25, 0.3) is 0 Å². The summed E-state index contributed by atoms with van der Waals surface area (Å²) >= 11 is 1.45. The molecule has 0 unspecified atom stereocenters. The highest BCUT2D eigenvalue weighted by atomic mass is 32.1. The molecule has 3 N–H and O–H groups in total. The molecule has 1 amide bonds. The monoisotopic (exact) mass is 276 g/mol. The Morgan fingerprint density at radius 1 is 1.42 bits per heavy atom. The number of anilines is 2. The fourth-order valence-corrected chi connectivity index (χ4v) is 2.70. The number of aryl methyl sites for hydroxylation is 1. The zero-order valence-corrected chi connectivity index (χ0v) is 11.7. The van der Waals surface area contributed by atoms with Gasteiger partial charge in [-0.2, -0.15) is 0 Å². The van der Waals surface area contributed by atoms with Crippen molar-refractivity contribution in [2.45, 2.75) is 13.3 Å². The fourth-order valence-electron chi connectivity index (χ4n) is 1.81. The first kappa shape index (κ1) is 13.4. The highest BCUT2D eigenvalue weighted by molar-refractivity contribution is 7.12. The molecule has 1 aromatic carbocycles. The quantitative estimate of drug-likeness (QED) is 0.843. The van der Waals surface area contributed by atoms with Crippen LogP contribution < -0.4 is 15.8 Å². The summed E-state index contributed by atoms with van der Waals surface area (Å²) in [7, 11) is 1.56. The molecule has 4 nitrogen and oxygen atoms in total. The SMILES string of the molecule is CCc1ccsc1C(=O)Nc1ccc(OC)c(N)c1. The molecule has 0 aliphatic rings. The lowest BCUT2D eigenvalue weighted by atomic mass is 10.2. The Bertz CT molecular complexity index is 593. The third-order valence-electron chi connectivity index (χ3n) is 2.82. The van der Waals surface area contributed by atoms with Gasteiger partial charge in [0.15, 0.2) is 0 Å². The maximum absolute atomic E-state index is 12.1. The van der Waals surface area contributed by atoms with E-state index in [2.05, 4.69) is 5.32 Å². The van der Waals surface area contributed by atoms with Crippen molar-refractivity contribution in [1.29, 1.82) is 0 Å². The molecule has 2 rings (SSSR count). The number of rotatable bonds is 4. The van der Waals surface area contributed by atoms with Crippen LogP contribution in [-0.2, 0) is 6.42 Å². The maximum Gasteiger partial charge on any atom is 0.266 e. The summed E-state index contributed by atoms with van der Waals surface area (Å²) in [6.45, 7) is 2.03. The first-order valence-corrected chi connectivity index (χ1v) is 6.85. The molecule has 1 heterocycles. The van der Waals surface area contributed by atoms with E-state index in [4.69, 9.17) is 10.5 Å². The van der Waals surface area contributed by atoms with Gasteiger partial charge >= 0.3 is 0 Å². The highest BCUT2D eigenvalue weighted by Gasteiger charge is 2.12. The van der Waals surface area contributed by atoms with Crippen LogP contribution in [0.3, 0.4) is 0 Å². The van der Waals surface area contributed by atoms with Gasteiger partial charge in [0, 0.05) is 5.69 Å². The molecule has 0 radical (unpaired) electrons. The average molecular weight is 276 g/mol. The van der Waals surface area contributed by atoms with E-state index < -0.39 is 0 Å². The van der Waals surface area contributed by atoms with E-state index in [1.54, 1.807) is 25.3 Å². The van der Waals surface area contributed by atoms with Gasteiger partial charge < -0.3 is 15.8 Å². The molecule has 0 saturated carbocycles. The van der Waals surface area contributed by atoms with E-state index in [0.717, 1.165) is 16.9 Å². The van der Waals surface area contributed by atoms with E-state index in [9.17, 15) is 4.79 Å². The van der Waals surface area contributed by atoms with Crippen molar-refractivity contribution in [2.24, 2.45) is 0 Å². The van der Waals surface area contributed by atoms with Crippen molar-refractivity contribution >= 4 is 28.6 Å². The molecule has 2 aromatic rings. The summed E-state index contributed by atoms with van der Waals surface area (Å²) in [6, 6.07) is 7.17. The van der Waals surface area contributed by atoms with Crippen LogP contribution in [0.5, 0.6) is 5.75 Å². The Morgan fingerprint density at radius 3 is 2.84 bits per heavy atom. The number of hydrogen-bond donors (Lipinski definition) is 2. The Balaban J connectivity index is 2.17. The Hall–Kier alpha value is -2.01. The number of ether oxygens (including phenoxy) is 1. The van der Waals surface area contributed by atoms with Crippen LogP contribution in [0.2, 0.25) is 0 Å². The van der Waals surface area contributed by atoms with Crippen LogP contribution in [-0.4, -0.2) is 13.0 Å². The summed E-state index contributed by atoms with van der Waals surface area (Å²) < 4.78 is 5.08. The molecule has 1 aromatic heterocycles. The summed E-state index contributed by atoms with van der Waals surface area (Å²) in [5, 5.41) is 4.77. The molecule has 0 fully saturated rings. The van der Waals surface area contributed by atoms with E-state index >= 15 is 0 Å². The minimum atomic E-state index is -0.101. The van der Waals surface area contributed by atoms with E-state index in [1.165, 1.54) is 11.3 Å². The van der Waals surface area contributed by atoms with Gasteiger partial charge in [-0.3, -0.25) is 4.79 Å². The lowest BCUT2D eigenvalue weighted by Gasteiger charge is -2.08. The predicted molar refractivity (Wildman–Crippen MR) is 79.1 cm³/mol. The smallest absolute Gasteiger partial charge is 0.266 e. The third kappa shape index (κ3) is 2.88. The number of amides is 1. The fraction of sp³-hybridized carbons (Fsp3) is 0.214. The minimum absolute atomic E-state index is 0.101. The van der Waals surface area contributed by atoms with Crippen molar-refractivity contribution in [3.8, 4) is 5.75 Å². The summed E-state index contributed by atoms with van der Waals surface area (Å²) in [6.07, 6.45) is 0.844. The number of hydrogen-bond acceptors (Lipinski definition) is 4. The number of benzene rings is 1. The van der Waals surface area contributed by atoms with Crippen molar-refractivity contribution < 1.29 is 9.53 Å². The number of carbonyl (C=O) groups excluding carboxylic acids is 1. The molecule has 0 aliphatic carbocycles. The van der Waals surface area contributed by atoms with E-state index in [-0.39, 0.29) is 5.91 Å². The second kappa shape index (κ2) is 5.75. The summed E-state index contributed by atoms with van der Waals surface area (Å²) in [4.78, 5) is 12.9. The largest absolute Gasteiger partial charge is 0.495 e. The van der Waals surface area contributed by atoms with Gasteiger partial charge in [-0.15, -0.1) is 11.3 Å². The van der Waals surface area contributed by atoms with Crippen molar-refractivity contribution in [3.63, 3.8) is 0 Å². The summed E-state index contributed by atoms with van der Waals surface area (Å²) in [5.41, 5.74) is 8.04. The molecular formula is C14H16N2O2S. The van der Waals surface area contributed by atoms with Gasteiger partial charge in [0.2, 0.25) is 0 Å². The van der Waals surface area contributed by atoms with Crippen molar-refractivity contribution in [3.05, 3.63) is 40.1 Å². The topological polar surface area (TPSA) is 64.3 Å². The van der Waals surface area contributed by atoms with E-state index in [0.29, 0.717) is 17.1 Å². The third-order valence-corrected chi connectivity index (χ3v) is 3.78. The van der Waals surface area contributed by atoms with Gasteiger partial charge in [0.05, 0.1) is 17.7 Å². The summed E-state index contributed by atoms with van der Waals surface area (Å²) in [5.74, 6) is 0.500. The van der Waals surface area contributed by atoms with Gasteiger partial charge in [-0.05, 0) is 41.6 Å². The number of methoxy groups -OCH3 is 1. The molecule has 19 heavy (non-hydrogen) atoms. The number of nitrogens with two attached hydrogens (primary N) is 1.